The molecule has 0 bridgehead atoms. The van der Waals surface area contributed by atoms with E-state index in [1.807, 2.05) is 0 Å². The number of aryl methyl sites for hydroxylation is 1. The third-order valence-electron chi connectivity index (χ3n) is 4.49. The summed E-state index contributed by atoms with van der Waals surface area (Å²) in [7, 11) is 0. The summed E-state index contributed by atoms with van der Waals surface area (Å²) in [5, 5.41) is 24.0. The highest BCUT2D eigenvalue weighted by atomic mass is 19.1. The average molecular weight is 445 g/mol. The van der Waals surface area contributed by atoms with E-state index in [1.54, 1.807) is 6.92 Å². The van der Waals surface area contributed by atoms with Gasteiger partial charge in [-0.3, -0.25) is 24.4 Å². The fourth-order valence-electron chi connectivity index (χ4n) is 2.95. The summed E-state index contributed by atoms with van der Waals surface area (Å²) in [6.07, 6.45) is 0.0890. The van der Waals surface area contributed by atoms with E-state index in [2.05, 4.69) is 25.9 Å². The molecule has 32 heavy (non-hydrogen) atoms. The van der Waals surface area contributed by atoms with Gasteiger partial charge in [0.15, 0.2) is 5.82 Å². The zero-order chi connectivity index (χ0) is 23.3. The van der Waals surface area contributed by atoms with E-state index in [9.17, 15) is 24.1 Å². The van der Waals surface area contributed by atoms with Crippen molar-refractivity contribution >= 4 is 17.5 Å². The minimum atomic E-state index is -0.629. The van der Waals surface area contributed by atoms with E-state index in [0.717, 1.165) is 0 Å². The summed E-state index contributed by atoms with van der Waals surface area (Å²) in [6.45, 7) is 3.36. The number of benzene rings is 1. The topological polar surface area (TPSA) is 158 Å². The van der Waals surface area contributed by atoms with Gasteiger partial charge in [0.1, 0.15) is 23.7 Å². The molecule has 0 atom stereocenters. The third kappa shape index (κ3) is 5.50. The van der Waals surface area contributed by atoms with E-state index in [1.165, 1.54) is 35.9 Å². The van der Waals surface area contributed by atoms with Crippen molar-refractivity contribution in [2.45, 2.75) is 26.8 Å². The number of carbonyl (C=O) groups excluding carboxylic acids is 2. The van der Waals surface area contributed by atoms with Gasteiger partial charge in [0.2, 0.25) is 5.91 Å². The van der Waals surface area contributed by atoms with Gasteiger partial charge >= 0.3 is 17.5 Å². The molecule has 168 valence electrons. The lowest BCUT2D eigenvalue weighted by Crippen LogP contribution is -2.35. The van der Waals surface area contributed by atoms with Gasteiger partial charge in [0, 0.05) is 13.1 Å². The highest BCUT2D eigenvalue weighted by molar-refractivity contribution is 5.89. The minimum Gasteiger partial charge on any atom is -0.354 e. The molecule has 0 spiro atoms. The van der Waals surface area contributed by atoms with Crippen LogP contribution in [0.25, 0.3) is 0 Å². The van der Waals surface area contributed by atoms with Crippen molar-refractivity contribution in [1.82, 2.24) is 30.6 Å². The Morgan fingerprint density at radius 3 is 2.53 bits per heavy atom. The first-order valence-corrected chi connectivity index (χ1v) is 9.55. The molecule has 0 aliphatic carbocycles. The molecule has 2 aromatic heterocycles. The van der Waals surface area contributed by atoms with Gasteiger partial charge in [-0.05, 0) is 31.5 Å². The SMILES string of the molecule is Cc1nn(Cc2noc(C(=O)NCCNC(=O)Cc3ccc(F)cc3)n2)c(C)c1[N+](=O)[O-]. The number of nitro groups is 1. The molecular weight excluding hydrogens is 425 g/mol. The molecule has 3 aromatic rings. The van der Waals surface area contributed by atoms with Crippen LogP contribution < -0.4 is 10.6 Å². The second-order valence-corrected chi connectivity index (χ2v) is 6.86. The summed E-state index contributed by atoms with van der Waals surface area (Å²) in [5.41, 5.74) is 1.17. The van der Waals surface area contributed by atoms with Crippen LogP contribution in [-0.4, -0.2) is 49.7 Å². The van der Waals surface area contributed by atoms with Crippen molar-refractivity contribution in [2.75, 3.05) is 13.1 Å². The fraction of sp³-hybridized carbons (Fsp3) is 0.316. The van der Waals surface area contributed by atoms with Crippen molar-refractivity contribution in [3.63, 3.8) is 0 Å². The predicted octanol–water partition coefficient (Wildman–Crippen LogP) is 1.07. The highest BCUT2D eigenvalue weighted by Gasteiger charge is 2.23. The van der Waals surface area contributed by atoms with Gasteiger partial charge in [0.25, 0.3) is 0 Å². The zero-order valence-corrected chi connectivity index (χ0v) is 17.3. The van der Waals surface area contributed by atoms with Crippen molar-refractivity contribution in [1.29, 1.82) is 0 Å². The predicted molar refractivity (Wildman–Crippen MR) is 107 cm³/mol. The number of aromatic nitrogens is 4. The summed E-state index contributed by atoms with van der Waals surface area (Å²) in [4.78, 5) is 38.5. The fourth-order valence-corrected chi connectivity index (χ4v) is 2.95. The van der Waals surface area contributed by atoms with Crippen LogP contribution in [0.3, 0.4) is 0 Å². The monoisotopic (exact) mass is 445 g/mol. The largest absolute Gasteiger partial charge is 0.354 e. The highest BCUT2D eigenvalue weighted by Crippen LogP contribution is 2.22. The second-order valence-electron chi connectivity index (χ2n) is 6.86. The van der Waals surface area contributed by atoms with Crippen LogP contribution in [0.5, 0.6) is 0 Å². The van der Waals surface area contributed by atoms with Gasteiger partial charge < -0.3 is 15.2 Å². The summed E-state index contributed by atoms with van der Waals surface area (Å²) in [5.74, 6) is -1.44. The molecule has 0 saturated heterocycles. The smallest absolute Gasteiger partial charge is 0.316 e. The number of halogens is 1. The first-order chi connectivity index (χ1) is 15.2. The van der Waals surface area contributed by atoms with Gasteiger partial charge in [0.05, 0.1) is 11.3 Å². The molecule has 12 nitrogen and oxygen atoms in total. The summed E-state index contributed by atoms with van der Waals surface area (Å²) < 4.78 is 19.2. The van der Waals surface area contributed by atoms with E-state index in [4.69, 9.17) is 4.52 Å². The average Bonchev–Trinajstić information content (AvgIpc) is 3.31. The number of amides is 2. The number of nitrogens with one attached hydrogen (secondary N) is 2. The number of hydrogen-bond donors (Lipinski definition) is 2. The molecule has 0 radical (unpaired) electrons. The molecular formula is C19H20FN7O5. The van der Waals surface area contributed by atoms with Crippen molar-refractivity contribution in [3.8, 4) is 0 Å². The van der Waals surface area contributed by atoms with Crippen LogP contribution in [0.4, 0.5) is 10.1 Å². The van der Waals surface area contributed by atoms with Crippen molar-refractivity contribution in [2.24, 2.45) is 0 Å². The van der Waals surface area contributed by atoms with Crippen LogP contribution in [0.1, 0.15) is 33.5 Å². The van der Waals surface area contributed by atoms with Gasteiger partial charge in [-0.1, -0.05) is 17.3 Å². The van der Waals surface area contributed by atoms with Crippen LogP contribution >= 0.6 is 0 Å². The van der Waals surface area contributed by atoms with Crippen LogP contribution in [-0.2, 0) is 17.8 Å². The molecule has 0 saturated carbocycles. The Balaban J connectivity index is 1.46. The van der Waals surface area contributed by atoms with Gasteiger partial charge in [-0.25, -0.2) is 4.39 Å². The molecule has 0 aliphatic heterocycles. The minimum absolute atomic E-state index is 0.00324. The summed E-state index contributed by atoms with van der Waals surface area (Å²) in [6, 6.07) is 5.59. The van der Waals surface area contributed by atoms with Crippen molar-refractivity contribution < 1.29 is 23.4 Å². The standard InChI is InChI=1S/C19H20FN7O5/c1-11-17(27(30)31)12(2)26(24-11)10-15-23-19(32-25-15)18(29)22-8-7-21-16(28)9-13-3-5-14(20)6-4-13/h3-6H,7-10H2,1-2H3,(H,21,28)(H,22,29). The first kappa shape index (κ1) is 22.5. The molecule has 0 fully saturated rings. The maximum Gasteiger partial charge on any atom is 0.316 e. The normalized spacial score (nSPS) is 10.7. The Kier molecular flexibility index (Phi) is 6.87. The zero-order valence-electron chi connectivity index (χ0n) is 17.3. The Morgan fingerprint density at radius 1 is 1.19 bits per heavy atom. The maximum atomic E-state index is 12.9. The van der Waals surface area contributed by atoms with Crippen LogP contribution in [0, 0.1) is 29.8 Å². The number of nitrogens with zero attached hydrogens (tertiary/aromatic N) is 5. The third-order valence-corrected chi connectivity index (χ3v) is 4.49. The van der Waals surface area contributed by atoms with E-state index in [-0.39, 0.29) is 60.9 Å². The van der Waals surface area contributed by atoms with Gasteiger partial charge in [-0.2, -0.15) is 10.1 Å². The summed E-state index contributed by atoms with van der Waals surface area (Å²) >= 11 is 0. The Morgan fingerprint density at radius 2 is 1.88 bits per heavy atom. The second kappa shape index (κ2) is 9.76. The van der Waals surface area contributed by atoms with E-state index >= 15 is 0 Å². The lowest BCUT2D eigenvalue weighted by molar-refractivity contribution is -0.386. The number of rotatable bonds is 9. The lowest BCUT2D eigenvalue weighted by atomic mass is 10.1. The maximum absolute atomic E-state index is 12.9. The number of carbonyl (C=O) groups is 2. The van der Waals surface area contributed by atoms with Crippen LogP contribution in [0.15, 0.2) is 28.8 Å². The molecule has 3 rings (SSSR count). The number of hydrogen-bond acceptors (Lipinski definition) is 8. The molecule has 2 amide bonds. The first-order valence-electron chi connectivity index (χ1n) is 9.55. The lowest BCUT2D eigenvalue weighted by Gasteiger charge is -2.06. The van der Waals surface area contributed by atoms with E-state index < -0.39 is 10.8 Å². The Hall–Kier alpha value is -4.16. The molecule has 2 heterocycles. The molecule has 13 heteroatoms. The molecule has 2 N–H and O–H groups in total. The van der Waals surface area contributed by atoms with E-state index in [0.29, 0.717) is 11.3 Å². The Labute approximate surface area is 180 Å². The molecule has 1 aromatic carbocycles. The van der Waals surface area contributed by atoms with Crippen LogP contribution in [0.2, 0.25) is 0 Å². The molecule has 0 unspecified atom stereocenters. The quantitative estimate of drug-likeness (QED) is 0.281. The Bertz CT molecular complexity index is 1140. The van der Waals surface area contributed by atoms with Crippen molar-refractivity contribution in [3.05, 3.63) is 68.9 Å². The van der Waals surface area contributed by atoms with Gasteiger partial charge in [-0.15, -0.1) is 0 Å². The molecule has 0 aliphatic rings.